The van der Waals surface area contributed by atoms with Crippen LogP contribution >= 0.6 is 0 Å². The molecule has 0 radical (unpaired) electrons. The Hall–Kier alpha value is -1.49. The molecular weight excluding hydrogens is 241 g/mol. The van der Waals surface area contributed by atoms with Crippen molar-refractivity contribution in [1.29, 1.82) is 0 Å². The van der Waals surface area contributed by atoms with E-state index in [1.807, 2.05) is 0 Å². The Morgan fingerprint density at radius 1 is 1.33 bits per heavy atom. The highest BCUT2D eigenvalue weighted by molar-refractivity contribution is 5.88. The number of aromatic nitrogens is 1. The molecule has 0 amide bonds. The number of aryl methyl sites for hydroxylation is 1. The first-order chi connectivity index (χ1) is 8.52. The van der Waals surface area contributed by atoms with E-state index in [2.05, 4.69) is 4.98 Å². The number of hydrogen-bond donors (Lipinski definition) is 2. The van der Waals surface area contributed by atoms with E-state index >= 15 is 0 Å². The molecule has 0 spiro atoms. The first-order valence-corrected chi connectivity index (χ1v) is 5.93. The minimum Gasteiger partial charge on any atom is -0.357 e. The van der Waals surface area contributed by atoms with Gasteiger partial charge < -0.3 is 10.7 Å². The number of para-hydroxylation sites is 1. The van der Waals surface area contributed by atoms with Gasteiger partial charge in [-0.25, -0.2) is 0 Å². The number of fused-ring (bicyclic) bond motifs is 3. The number of nitrogens with one attached hydrogen (secondary N) is 1. The molecule has 0 fully saturated rings. The number of benzene rings is 1. The van der Waals surface area contributed by atoms with Crippen LogP contribution in [-0.4, -0.2) is 11.5 Å². The van der Waals surface area contributed by atoms with Gasteiger partial charge in [-0.2, -0.15) is 13.2 Å². The van der Waals surface area contributed by atoms with Gasteiger partial charge in [-0.05, 0) is 24.5 Å². The van der Waals surface area contributed by atoms with Crippen LogP contribution in [0.4, 0.5) is 13.2 Å². The van der Waals surface area contributed by atoms with E-state index < -0.39 is 11.7 Å². The summed E-state index contributed by atoms with van der Waals surface area (Å²) in [5, 5.41) is 0.691. The van der Waals surface area contributed by atoms with Gasteiger partial charge in [0.1, 0.15) is 0 Å². The SMILES string of the molecule is NCC1CCc2c1[nH]c1c(C(F)(F)F)cccc21. The van der Waals surface area contributed by atoms with E-state index in [-0.39, 0.29) is 11.4 Å². The zero-order chi connectivity index (χ0) is 12.9. The third kappa shape index (κ3) is 1.54. The van der Waals surface area contributed by atoms with E-state index in [9.17, 15) is 13.2 Å². The van der Waals surface area contributed by atoms with Gasteiger partial charge in [-0.1, -0.05) is 12.1 Å². The van der Waals surface area contributed by atoms with Gasteiger partial charge in [0.15, 0.2) is 0 Å². The number of hydrogen-bond acceptors (Lipinski definition) is 1. The monoisotopic (exact) mass is 254 g/mol. The van der Waals surface area contributed by atoms with Gasteiger partial charge in [0, 0.05) is 23.5 Å². The summed E-state index contributed by atoms with van der Waals surface area (Å²) >= 11 is 0. The van der Waals surface area contributed by atoms with Crippen LogP contribution in [0.5, 0.6) is 0 Å². The third-order valence-electron chi connectivity index (χ3n) is 3.72. The van der Waals surface area contributed by atoms with Crippen LogP contribution in [0.15, 0.2) is 18.2 Å². The minimum atomic E-state index is -4.32. The minimum absolute atomic E-state index is 0.161. The summed E-state index contributed by atoms with van der Waals surface area (Å²) in [4.78, 5) is 2.95. The van der Waals surface area contributed by atoms with Crippen molar-refractivity contribution in [2.24, 2.45) is 5.73 Å². The van der Waals surface area contributed by atoms with Gasteiger partial charge >= 0.3 is 6.18 Å². The lowest BCUT2D eigenvalue weighted by Gasteiger charge is -2.09. The highest BCUT2D eigenvalue weighted by Crippen LogP contribution is 2.41. The second kappa shape index (κ2) is 3.75. The van der Waals surface area contributed by atoms with E-state index in [0.29, 0.717) is 11.9 Å². The average Bonchev–Trinajstić information content (AvgIpc) is 2.84. The molecule has 1 aromatic heterocycles. The van der Waals surface area contributed by atoms with E-state index in [4.69, 9.17) is 5.73 Å². The summed E-state index contributed by atoms with van der Waals surface area (Å²) in [6.07, 6.45) is -2.60. The lowest BCUT2D eigenvalue weighted by atomic mass is 10.1. The fourth-order valence-corrected chi connectivity index (χ4v) is 2.85. The van der Waals surface area contributed by atoms with Crippen LogP contribution < -0.4 is 5.73 Å². The van der Waals surface area contributed by atoms with E-state index in [1.54, 1.807) is 6.07 Å². The van der Waals surface area contributed by atoms with Crippen LogP contribution in [0.1, 0.15) is 29.2 Å². The summed E-state index contributed by atoms with van der Waals surface area (Å²) in [7, 11) is 0. The molecule has 96 valence electrons. The molecule has 1 atom stereocenters. The maximum atomic E-state index is 12.9. The van der Waals surface area contributed by atoms with Crippen molar-refractivity contribution in [3.05, 3.63) is 35.0 Å². The molecule has 5 heteroatoms. The Morgan fingerprint density at radius 2 is 2.11 bits per heavy atom. The van der Waals surface area contributed by atoms with Gasteiger partial charge in [-0.15, -0.1) is 0 Å². The lowest BCUT2D eigenvalue weighted by molar-refractivity contribution is -0.136. The van der Waals surface area contributed by atoms with Crippen molar-refractivity contribution in [2.75, 3.05) is 6.54 Å². The Kier molecular flexibility index (Phi) is 2.41. The smallest absolute Gasteiger partial charge is 0.357 e. The molecular formula is C13H13F3N2. The van der Waals surface area contributed by atoms with Gasteiger partial charge in [0.05, 0.1) is 11.1 Å². The summed E-state index contributed by atoms with van der Waals surface area (Å²) in [5.74, 6) is 0.161. The lowest BCUT2D eigenvalue weighted by Crippen LogP contribution is -2.10. The van der Waals surface area contributed by atoms with Gasteiger partial charge in [0.2, 0.25) is 0 Å². The quantitative estimate of drug-likeness (QED) is 0.806. The molecule has 18 heavy (non-hydrogen) atoms. The standard InChI is InChI=1S/C13H13F3N2/c14-13(15,16)10-3-1-2-8-9-5-4-7(6-17)11(9)18-12(8)10/h1-3,7,18H,4-6,17H2. The molecule has 1 heterocycles. The molecule has 3 N–H and O–H groups in total. The summed E-state index contributed by atoms with van der Waals surface area (Å²) in [5.41, 5.74) is 7.16. The molecule has 1 aliphatic carbocycles. The number of aromatic amines is 1. The van der Waals surface area contributed by atoms with E-state index in [0.717, 1.165) is 30.2 Å². The number of nitrogens with two attached hydrogens (primary N) is 1. The van der Waals surface area contributed by atoms with Crippen molar-refractivity contribution in [3.63, 3.8) is 0 Å². The summed E-state index contributed by atoms with van der Waals surface area (Å²) in [6, 6.07) is 4.33. The molecule has 0 bridgehead atoms. The number of alkyl halides is 3. The highest BCUT2D eigenvalue weighted by atomic mass is 19.4. The maximum Gasteiger partial charge on any atom is 0.418 e. The van der Waals surface area contributed by atoms with Crippen LogP contribution in [0.25, 0.3) is 10.9 Å². The van der Waals surface area contributed by atoms with Crippen molar-refractivity contribution in [2.45, 2.75) is 24.9 Å². The fraction of sp³-hybridized carbons (Fsp3) is 0.385. The fourth-order valence-electron chi connectivity index (χ4n) is 2.85. The number of H-pyrrole nitrogens is 1. The molecule has 2 aromatic rings. The molecule has 1 unspecified atom stereocenters. The maximum absolute atomic E-state index is 12.9. The van der Waals surface area contributed by atoms with Crippen LogP contribution in [0.2, 0.25) is 0 Å². The second-order valence-corrected chi connectivity index (χ2v) is 4.71. The average molecular weight is 254 g/mol. The van der Waals surface area contributed by atoms with Crippen molar-refractivity contribution >= 4 is 10.9 Å². The van der Waals surface area contributed by atoms with Crippen LogP contribution in [-0.2, 0) is 12.6 Å². The molecule has 0 saturated carbocycles. The number of rotatable bonds is 1. The van der Waals surface area contributed by atoms with Gasteiger partial charge in [-0.3, -0.25) is 0 Å². The molecule has 0 aliphatic heterocycles. The first kappa shape index (κ1) is 11.6. The predicted octanol–water partition coefficient (Wildman–Crippen LogP) is 3.18. The normalized spacial score (nSPS) is 19.4. The zero-order valence-electron chi connectivity index (χ0n) is 9.64. The Bertz CT molecular complexity index is 598. The zero-order valence-corrected chi connectivity index (χ0v) is 9.64. The van der Waals surface area contributed by atoms with Crippen molar-refractivity contribution in [3.8, 4) is 0 Å². The highest BCUT2D eigenvalue weighted by Gasteiger charge is 2.35. The van der Waals surface area contributed by atoms with Crippen LogP contribution in [0.3, 0.4) is 0 Å². The Balaban J connectivity index is 2.26. The largest absolute Gasteiger partial charge is 0.418 e. The topological polar surface area (TPSA) is 41.8 Å². The van der Waals surface area contributed by atoms with E-state index in [1.165, 1.54) is 6.07 Å². The number of halogens is 3. The van der Waals surface area contributed by atoms with Gasteiger partial charge in [0.25, 0.3) is 0 Å². The van der Waals surface area contributed by atoms with Crippen LogP contribution in [0, 0.1) is 0 Å². The molecule has 1 aliphatic rings. The van der Waals surface area contributed by atoms with Crippen molar-refractivity contribution < 1.29 is 13.2 Å². The molecule has 1 aromatic carbocycles. The summed E-state index contributed by atoms with van der Waals surface area (Å²) in [6.45, 7) is 0.473. The second-order valence-electron chi connectivity index (χ2n) is 4.71. The Labute approximate surface area is 102 Å². The van der Waals surface area contributed by atoms with Crippen molar-refractivity contribution in [1.82, 2.24) is 4.98 Å². The molecule has 0 saturated heterocycles. The third-order valence-corrected chi connectivity index (χ3v) is 3.72. The Morgan fingerprint density at radius 3 is 2.78 bits per heavy atom. The molecule has 2 nitrogen and oxygen atoms in total. The summed E-state index contributed by atoms with van der Waals surface area (Å²) < 4.78 is 38.7. The first-order valence-electron chi connectivity index (χ1n) is 5.93. The molecule has 3 rings (SSSR count). The predicted molar refractivity (Wildman–Crippen MR) is 63.4 cm³/mol.